The van der Waals surface area contributed by atoms with E-state index in [4.69, 9.17) is 9.84 Å². The van der Waals surface area contributed by atoms with Crippen LogP contribution in [0.25, 0.3) is 0 Å². The lowest BCUT2D eigenvalue weighted by Crippen LogP contribution is -2.28. The Hall–Kier alpha value is -0.870. The molecule has 1 aliphatic rings. The molecule has 2 N–H and O–H groups in total. The zero-order valence-electron chi connectivity index (χ0n) is 9.32. The molecule has 1 aliphatic carbocycles. The zero-order chi connectivity index (χ0) is 11.3. The molecule has 0 radical (unpaired) electrons. The number of aliphatic carboxylic acids is 1. The summed E-state index contributed by atoms with van der Waals surface area (Å²) in [5.74, 6) is -0.879. The van der Waals surface area contributed by atoms with Gasteiger partial charge in [0.2, 0.25) is 0 Å². The predicted molar refractivity (Wildman–Crippen MR) is 57.8 cm³/mol. The number of rotatable bonds is 5. The Morgan fingerprint density at radius 1 is 1.60 bits per heavy atom. The highest BCUT2D eigenvalue weighted by atomic mass is 16.5. The van der Waals surface area contributed by atoms with Crippen LogP contribution < -0.4 is 5.32 Å². The van der Waals surface area contributed by atoms with Gasteiger partial charge in [0.05, 0.1) is 6.10 Å². The molecule has 1 fully saturated rings. The fourth-order valence-electron chi connectivity index (χ4n) is 1.91. The van der Waals surface area contributed by atoms with Crippen molar-refractivity contribution >= 4 is 5.97 Å². The summed E-state index contributed by atoms with van der Waals surface area (Å²) in [6.07, 6.45) is 4.84. The van der Waals surface area contributed by atoms with Gasteiger partial charge in [0.15, 0.2) is 0 Å². The van der Waals surface area contributed by atoms with Crippen molar-refractivity contribution in [1.82, 2.24) is 5.32 Å². The Labute approximate surface area is 90.3 Å². The maximum atomic E-state index is 10.4. The molecule has 86 valence electrons. The van der Waals surface area contributed by atoms with Crippen molar-refractivity contribution in [2.24, 2.45) is 0 Å². The second kappa shape index (κ2) is 5.88. The van der Waals surface area contributed by atoms with E-state index in [1.54, 1.807) is 7.11 Å². The SMILES string of the molecule is COC1CCC(NCC(C)=CC(=O)O)C1. The van der Waals surface area contributed by atoms with Gasteiger partial charge in [-0.25, -0.2) is 4.79 Å². The van der Waals surface area contributed by atoms with E-state index in [0.29, 0.717) is 18.7 Å². The van der Waals surface area contributed by atoms with Crippen molar-refractivity contribution in [3.05, 3.63) is 11.6 Å². The number of carboxylic acids is 1. The minimum absolute atomic E-state index is 0.367. The molecule has 0 amide bonds. The second-order valence-electron chi connectivity index (χ2n) is 4.08. The van der Waals surface area contributed by atoms with Crippen LogP contribution in [0.2, 0.25) is 0 Å². The number of hydrogen-bond acceptors (Lipinski definition) is 3. The maximum absolute atomic E-state index is 10.4. The Bertz CT molecular complexity index is 250. The van der Waals surface area contributed by atoms with Crippen LogP contribution in [0.4, 0.5) is 0 Å². The first-order valence-electron chi connectivity index (χ1n) is 5.28. The van der Waals surface area contributed by atoms with Crippen molar-refractivity contribution in [3.63, 3.8) is 0 Å². The summed E-state index contributed by atoms with van der Waals surface area (Å²) >= 11 is 0. The molecule has 4 nitrogen and oxygen atoms in total. The Morgan fingerprint density at radius 2 is 2.33 bits per heavy atom. The van der Waals surface area contributed by atoms with E-state index in [9.17, 15) is 4.79 Å². The Kier molecular flexibility index (Phi) is 4.78. The van der Waals surface area contributed by atoms with Gasteiger partial charge in [-0.05, 0) is 26.2 Å². The molecule has 0 heterocycles. The fourth-order valence-corrected chi connectivity index (χ4v) is 1.91. The molecule has 0 bridgehead atoms. The summed E-state index contributed by atoms with van der Waals surface area (Å²) in [6, 6.07) is 0.465. The summed E-state index contributed by atoms with van der Waals surface area (Å²) in [5.41, 5.74) is 0.850. The van der Waals surface area contributed by atoms with Crippen LogP contribution in [0, 0.1) is 0 Å². The normalized spacial score (nSPS) is 26.9. The summed E-state index contributed by atoms with van der Waals surface area (Å²) in [7, 11) is 1.74. The van der Waals surface area contributed by atoms with E-state index in [-0.39, 0.29) is 0 Å². The molecule has 1 saturated carbocycles. The molecule has 15 heavy (non-hydrogen) atoms. The summed E-state index contributed by atoms with van der Waals surface area (Å²) in [4.78, 5) is 10.4. The number of carboxylic acid groups (broad SMARTS) is 1. The fraction of sp³-hybridized carbons (Fsp3) is 0.727. The molecular formula is C11H19NO3. The summed E-state index contributed by atoms with van der Waals surface area (Å²) in [6.45, 7) is 2.47. The van der Waals surface area contributed by atoms with Gasteiger partial charge in [-0.15, -0.1) is 0 Å². The van der Waals surface area contributed by atoms with Crippen molar-refractivity contribution in [2.45, 2.75) is 38.3 Å². The number of carbonyl (C=O) groups is 1. The van der Waals surface area contributed by atoms with E-state index < -0.39 is 5.97 Å². The first-order chi connectivity index (χ1) is 7.11. The van der Waals surface area contributed by atoms with Gasteiger partial charge >= 0.3 is 5.97 Å². The predicted octanol–water partition coefficient (Wildman–Crippen LogP) is 1.17. The van der Waals surface area contributed by atoms with Gasteiger partial charge in [-0.3, -0.25) is 0 Å². The van der Waals surface area contributed by atoms with Crippen LogP contribution >= 0.6 is 0 Å². The first kappa shape index (κ1) is 12.2. The van der Waals surface area contributed by atoms with E-state index in [2.05, 4.69) is 5.32 Å². The van der Waals surface area contributed by atoms with Gasteiger partial charge < -0.3 is 15.2 Å². The lowest BCUT2D eigenvalue weighted by Gasteiger charge is -2.12. The third kappa shape index (κ3) is 4.44. The Morgan fingerprint density at radius 3 is 2.87 bits per heavy atom. The first-order valence-corrected chi connectivity index (χ1v) is 5.28. The summed E-state index contributed by atoms with van der Waals surface area (Å²) < 4.78 is 5.26. The maximum Gasteiger partial charge on any atom is 0.328 e. The van der Waals surface area contributed by atoms with Gasteiger partial charge in [0, 0.05) is 25.8 Å². The van der Waals surface area contributed by atoms with Crippen molar-refractivity contribution in [2.75, 3.05) is 13.7 Å². The van der Waals surface area contributed by atoms with Crippen LogP contribution in [0.5, 0.6) is 0 Å². The van der Waals surface area contributed by atoms with Crippen LogP contribution in [0.15, 0.2) is 11.6 Å². The van der Waals surface area contributed by atoms with Crippen LogP contribution in [0.1, 0.15) is 26.2 Å². The van der Waals surface area contributed by atoms with Crippen molar-refractivity contribution in [3.8, 4) is 0 Å². The minimum atomic E-state index is -0.879. The minimum Gasteiger partial charge on any atom is -0.478 e. The molecule has 4 heteroatoms. The van der Waals surface area contributed by atoms with Crippen LogP contribution in [0.3, 0.4) is 0 Å². The molecule has 0 aliphatic heterocycles. The lowest BCUT2D eigenvalue weighted by atomic mass is 10.2. The van der Waals surface area contributed by atoms with Crippen LogP contribution in [-0.4, -0.2) is 36.9 Å². The largest absolute Gasteiger partial charge is 0.478 e. The zero-order valence-corrected chi connectivity index (χ0v) is 9.32. The number of hydrogen-bond donors (Lipinski definition) is 2. The average Bonchev–Trinajstić information content (AvgIpc) is 2.61. The number of ether oxygens (including phenoxy) is 1. The summed E-state index contributed by atoms with van der Waals surface area (Å²) in [5, 5.41) is 11.9. The number of nitrogens with one attached hydrogen (secondary N) is 1. The van der Waals surface area contributed by atoms with Gasteiger partial charge in [0.25, 0.3) is 0 Å². The highest BCUT2D eigenvalue weighted by Gasteiger charge is 2.23. The number of methoxy groups -OCH3 is 1. The highest BCUT2D eigenvalue weighted by Crippen LogP contribution is 2.21. The van der Waals surface area contributed by atoms with Crippen molar-refractivity contribution < 1.29 is 14.6 Å². The molecule has 2 atom stereocenters. The van der Waals surface area contributed by atoms with Crippen LogP contribution in [-0.2, 0) is 9.53 Å². The van der Waals surface area contributed by atoms with E-state index in [0.717, 1.165) is 24.8 Å². The molecule has 0 spiro atoms. The molecule has 2 unspecified atom stereocenters. The standard InChI is InChI=1S/C11H19NO3/c1-8(5-11(13)14)7-12-9-3-4-10(6-9)15-2/h5,9-10,12H,3-4,6-7H2,1-2H3,(H,13,14). The van der Waals surface area contributed by atoms with Gasteiger partial charge in [-0.1, -0.05) is 5.57 Å². The quantitative estimate of drug-likeness (QED) is 0.673. The average molecular weight is 213 g/mol. The van der Waals surface area contributed by atoms with Gasteiger partial charge in [-0.2, -0.15) is 0 Å². The molecule has 0 saturated heterocycles. The third-order valence-electron chi connectivity index (χ3n) is 2.76. The van der Waals surface area contributed by atoms with E-state index in [1.807, 2.05) is 6.92 Å². The molecule has 0 aromatic rings. The van der Waals surface area contributed by atoms with E-state index >= 15 is 0 Å². The molecule has 0 aromatic heterocycles. The topological polar surface area (TPSA) is 58.6 Å². The molecule has 1 rings (SSSR count). The molecular weight excluding hydrogens is 194 g/mol. The monoisotopic (exact) mass is 213 g/mol. The van der Waals surface area contributed by atoms with Gasteiger partial charge in [0.1, 0.15) is 0 Å². The third-order valence-corrected chi connectivity index (χ3v) is 2.76. The second-order valence-corrected chi connectivity index (χ2v) is 4.08. The van der Waals surface area contributed by atoms with Crippen molar-refractivity contribution in [1.29, 1.82) is 0 Å². The molecule has 0 aromatic carbocycles. The smallest absolute Gasteiger partial charge is 0.328 e. The lowest BCUT2D eigenvalue weighted by molar-refractivity contribution is -0.131. The van der Waals surface area contributed by atoms with E-state index in [1.165, 1.54) is 6.08 Å². The Balaban J connectivity index is 2.24. The highest BCUT2D eigenvalue weighted by molar-refractivity contribution is 5.80.